The summed E-state index contributed by atoms with van der Waals surface area (Å²) in [6.45, 7) is 13.0. The predicted molar refractivity (Wildman–Crippen MR) is 80.4 cm³/mol. The summed E-state index contributed by atoms with van der Waals surface area (Å²) in [5, 5.41) is 9.85. The van der Waals surface area contributed by atoms with Crippen LogP contribution in [0.5, 0.6) is 0 Å². The first kappa shape index (κ1) is 14.5. The summed E-state index contributed by atoms with van der Waals surface area (Å²) in [5.74, 6) is 0. The van der Waals surface area contributed by atoms with Crippen molar-refractivity contribution >= 4 is 0 Å². The molecule has 0 bridgehead atoms. The SMILES string of the molecule is Cc1cc(C)c(CN2CCC(O)CC2(C)C)c(C)c1. The lowest BCUT2D eigenvalue weighted by Gasteiger charge is -2.44. The van der Waals surface area contributed by atoms with Crippen molar-refractivity contribution in [1.82, 2.24) is 4.90 Å². The van der Waals surface area contributed by atoms with Gasteiger partial charge in [0.1, 0.15) is 0 Å². The smallest absolute Gasteiger partial charge is 0.0569 e. The highest BCUT2D eigenvalue weighted by Crippen LogP contribution is 2.30. The molecule has 1 aliphatic rings. The van der Waals surface area contributed by atoms with Gasteiger partial charge in [-0.2, -0.15) is 0 Å². The molecule has 1 fully saturated rings. The zero-order valence-corrected chi connectivity index (χ0v) is 13.0. The first-order chi connectivity index (χ1) is 8.79. The highest BCUT2D eigenvalue weighted by atomic mass is 16.3. The van der Waals surface area contributed by atoms with Crippen LogP contribution in [-0.2, 0) is 6.54 Å². The minimum atomic E-state index is -0.133. The van der Waals surface area contributed by atoms with Gasteiger partial charge in [0.2, 0.25) is 0 Å². The molecule has 106 valence electrons. The van der Waals surface area contributed by atoms with Crippen LogP contribution >= 0.6 is 0 Å². The van der Waals surface area contributed by atoms with Crippen LogP contribution in [0, 0.1) is 20.8 Å². The first-order valence-electron chi connectivity index (χ1n) is 7.29. The number of hydrogen-bond acceptors (Lipinski definition) is 2. The van der Waals surface area contributed by atoms with Crippen molar-refractivity contribution in [3.05, 3.63) is 34.4 Å². The van der Waals surface area contributed by atoms with Crippen molar-refractivity contribution < 1.29 is 5.11 Å². The lowest BCUT2D eigenvalue weighted by atomic mass is 9.87. The first-order valence-corrected chi connectivity index (χ1v) is 7.29. The molecule has 0 aromatic heterocycles. The van der Waals surface area contributed by atoms with Crippen LogP contribution in [0.1, 0.15) is 48.9 Å². The largest absolute Gasteiger partial charge is 0.393 e. The van der Waals surface area contributed by atoms with Gasteiger partial charge in [-0.15, -0.1) is 0 Å². The van der Waals surface area contributed by atoms with E-state index in [-0.39, 0.29) is 11.6 Å². The van der Waals surface area contributed by atoms with E-state index in [4.69, 9.17) is 0 Å². The molecule has 1 atom stereocenters. The Morgan fingerprint density at radius 1 is 1.21 bits per heavy atom. The molecule has 1 saturated heterocycles. The third-order valence-electron chi connectivity index (χ3n) is 4.51. The van der Waals surface area contributed by atoms with Gasteiger partial charge in [-0.25, -0.2) is 0 Å². The van der Waals surface area contributed by atoms with Gasteiger partial charge in [-0.05, 0) is 64.2 Å². The summed E-state index contributed by atoms with van der Waals surface area (Å²) in [7, 11) is 0. The van der Waals surface area contributed by atoms with E-state index in [1.165, 1.54) is 22.3 Å². The van der Waals surface area contributed by atoms with E-state index >= 15 is 0 Å². The number of likely N-dealkylation sites (tertiary alicyclic amines) is 1. The van der Waals surface area contributed by atoms with Gasteiger partial charge >= 0.3 is 0 Å². The number of aliphatic hydroxyl groups is 1. The van der Waals surface area contributed by atoms with E-state index in [0.717, 1.165) is 25.9 Å². The summed E-state index contributed by atoms with van der Waals surface area (Å²) in [5.41, 5.74) is 5.66. The fraction of sp³-hybridized carbons (Fsp3) is 0.647. The molecule has 0 amide bonds. The Labute approximate surface area is 117 Å². The van der Waals surface area contributed by atoms with Crippen molar-refractivity contribution in [3.8, 4) is 0 Å². The highest BCUT2D eigenvalue weighted by Gasteiger charge is 2.34. The number of aryl methyl sites for hydroxylation is 3. The van der Waals surface area contributed by atoms with Gasteiger partial charge < -0.3 is 5.11 Å². The van der Waals surface area contributed by atoms with Crippen molar-refractivity contribution in [2.75, 3.05) is 6.54 Å². The molecule has 0 spiro atoms. The summed E-state index contributed by atoms with van der Waals surface area (Å²) < 4.78 is 0. The van der Waals surface area contributed by atoms with Gasteiger partial charge in [0.05, 0.1) is 6.10 Å². The van der Waals surface area contributed by atoms with Gasteiger partial charge in [0.25, 0.3) is 0 Å². The number of aliphatic hydroxyl groups excluding tert-OH is 1. The quantitative estimate of drug-likeness (QED) is 0.882. The van der Waals surface area contributed by atoms with Gasteiger partial charge in [0, 0.05) is 18.6 Å². The zero-order chi connectivity index (χ0) is 14.2. The van der Waals surface area contributed by atoms with E-state index in [1.54, 1.807) is 0 Å². The van der Waals surface area contributed by atoms with Crippen LogP contribution in [0.2, 0.25) is 0 Å². The zero-order valence-electron chi connectivity index (χ0n) is 13.0. The molecular formula is C17H27NO. The number of piperidine rings is 1. The second-order valence-corrected chi connectivity index (χ2v) is 6.76. The molecule has 0 aliphatic carbocycles. The van der Waals surface area contributed by atoms with Crippen LogP contribution in [0.15, 0.2) is 12.1 Å². The van der Waals surface area contributed by atoms with Crippen LogP contribution in [0.4, 0.5) is 0 Å². The lowest BCUT2D eigenvalue weighted by molar-refractivity contribution is -0.00733. The molecule has 2 nitrogen and oxygen atoms in total. The number of rotatable bonds is 2. The Kier molecular flexibility index (Phi) is 4.03. The maximum Gasteiger partial charge on any atom is 0.0569 e. The number of hydrogen-bond donors (Lipinski definition) is 1. The van der Waals surface area contributed by atoms with E-state index in [0.29, 0.717) is 0 Å². The maximum atomic E-state index is 9.85. The summed E-state index contributed by atoms with van der Waals surface area (Å²) in [4.78, 5) is 2.52. The minimum absolute atomic E-state index is 0.0848. The molecule has 1 unspecified atom stereocenters. The van der Waals surface area contributed by atoms with Gasteiger partial charge in [-0.3, -0.25) is 4.90 Å². The van der Waals surface area contributed by atoms with Crippen LogP contribution in [0.25, 0.3) is 0 Å². The van der Waals surface area contributed by atoms with Crippen molar-refractivity contribution in [3.63, 3.8) is 0 Å². The maximum absolute atomic E-state index is 9.85. The fourth-order valence-corrected chi connectivity index (χ4v) is 3.36. The molecular weight excluding hydrogens is 234 g/mol. The molecule has 1 heterocycles. The Morgan fingerprint density at radius 2 is 1.79 bits per heavy atom. The second kappa shape index (κ2) is 5.26. The summed E-state index contributed by atoms with van der Waals surface area (Å²) in [6, 6.07) is 4.54. The van der Waals surface area contributed by atoms with Crippen LogP contribution in [-0.4, -0.2) is 28.2 Å². The molecule has 19 heavy (non-hydrogen) atoms. The standard InChI is InChI=1S/C17H27NO/c1-12-8-13(2)16(14(3)9-12)11-18-7-6-15(19)10-17(18,4)5/h8-9,15,19H,6-7,10-11H2,1-5H3. The second-order valence-electron chi connectivity index (χ2n) is 6.76. The van der Waals surface area contributed by atoms with E-state index in [9.17, 15) is 5.11 Å². The molecule has 0 radical (unpaired) electrons. The highest BCUT2D eigenvalue weighted by molar-refractivity contribution is 5.37. The summed E-state index contributed by atoms with van der Waals surface area (Å²) in [6.07, 6.45) is 1.64. The Balaban J connectivity index is 2.22. The average molecular weight is 261 g/mol. The average Bonchev–Trinajstić information content (AvgIpc) is 2.24. The molecule has 2 heteroatoms. The topological polar surface area (TPSA) is 23.5 Å². The molecule has 1 aliphatic heterocycles. The molecule has 1 aromatic carbocycles. The summed E-state index contributed by atoms with van der Waals surface area (Å²) >= 11 is 0. The monoisotopic (exact) mass is 261 g/mol. The normalized spacial score (nSPS) is 23.6. The molecule has 1 aromatic rings. The lowest BCUT2D eigenvalue weighted by Crippen LogP contribution is -2.51. The number of nitrogens with zero attached hydrogens (tertiary/aromatic N) is 1. The number of benzene rings is 1. The van der Waals surface area contributed by atoms with Crippen LogP contribution < -0.4 is 0 Å². The predicted octanol–water partition coefficient (Wildman–Crippen LogP) is 3.35. The van der Waals surface area contributed by atoms with Crippen molar-refractivity contribution in [2.24, 2.45) is 0 Å². The van der Waals surface area contributed by atoms with E-state index in [2.05, 4.69) is 51.7 Å². The van der Waals surface area contributed by atoms with Gasteiger partial charge in [0.15, 0.2) is 0 Å². The van der Waals surface area contributed by atoms with Gasteiger partial charge in [-0.1, -0.05) is 17.7 Å². The van der Waals surface area contributed by atoms with Crippen molar-refractivity contribution in [2.45, 2.75) is 65.6 Å². The molecule has 0 saturated carbocycles. The van der Waals surface area contributed by atoms with E-state index < -0.39 is 0 Å². The van der Waals surface area contributed by atoms with Crippen LogP contribution in [0.3, 0.4) is 0 Å². The van der Waals surface area contributed by atoms with E-state index in [1.807, 2.05) is 0 Å². The van der Waals surface area contributed by atoms with Crippen molar-refractivity contribution in [1.29, 1.82) is 0 Å². The Hall–Kier alpha value is -0.860. The molecule has 1 N–H and O–H groups in total. The third kappa shape index (κ3) is 3.18. The minimum Gasteiger partial charge on any atom is -0.393 e. The Morgan fingerprint density at radius 3 is 2.32 bits per heavy atom. The Bertz CT molecular complexity index is 441. The fourth-order valence-electron chi connectivity index (χ4n) is 3.36. The third-order valence-corrected chi connectivity index (χ3v) is 4.51. The molecule has 2 rings (SSSR count).